The zero-order valence-corrected chi connectivity index (χ0v) is 25.5. The molecule has 2 aliphatic rings. The van der Waals surface area contributed by atoms with Gasteiger partial charge in [-0.25, -0.2) is 0 Å². The summed E-state index contributed by atoms with van der Waals surface area (Å²) in [7, 11) is 0. The predicted molar refractivity (Wildman–Crippen MR) is 160 cm³/mol. The molecule has 4 N–H and O–H groups in total. The van der Waals surface area contributed by atoms with Crippen molar-refractivity contribution in [3.05, 3.63) is 34.9 Å². The Bertz CT molecular complexity index is 1090. The van der Waals surface area contributed by atoms with Crippen LogP contribution in [0.25, 0.3) is 0 Å². The monoisotopic (exact) mass is 624 g/mol. The lowest BCUT2D eigenvalue weighted by molar-refractivity contribution is -0.133. The average molecular weight is 625 g/mol. The number of amides is 4. The molecule has 3 rings (SSSR count). The highest BCUT2D eigenvalue weighted by Crippen LogP contribution is 2.27. The van der Waals surface area contributed by atoms with Crippen molar-refractivity contribution in [1.82, 2.24) is 21.3 Å². The van der Waals surface area contributed by atoms with Crippen LogP contribution >= 0.6 is 23.4 Å². The zero-order valence-electron chi connectivity index (χ0n) is 24.0. The van der Waals surface area contributed by atoms with Crippen LogP contribution in [-0.2, 0) is 39.9 Å². The summed E-state index contributed by atoms with van der Waals surface area (Å²) < 4.78 is 10.9. The number of ether oxygens (including phenoxy) is 2. The summed E-state index contributed by atoms with van der Waals surface area (Å²) in [5.41, 5.74) is 0.734. The fourth-order valence-corrected chi connectivity index (χ4v) is 6.16. The maximum absolute atomic E-state index is 13.7. The Labute approximate surface area is 255 Å². The molecule has 232 valence electrons. The van der Waals surface area contributed by atoms with Crippen molar-refractivity contribution in [2.75, 3.05) is 38.7 Å². The van der Waals surface area contributed by atoms with Crippen LogP contribution in [-0.4, -0.2) is 85.6 Å². The molecule has 3 atom stereocenters. The van der Waals surface area contributed by atoms with E-state index in [0.29, 0.717) is 11.4 Å². The molecule has 13 heteroatoms. The van der Waals surface area contributed by atoms with Gasteiger partial charge in [-0.1, -0.05) is 67.6 Å². The van der Waals surface area contributed by atoms with Gasteiger partial charge < -0.3 is 30.7 Å². The van der Waals surface area contributed by atoms with Crippen LogP contribution < -0.4 is 21.3 Å². The molecule has 0 aromatic heterocycles. The van der Waals surface area contributed by atoms with Crippen LogP contribution in [0.1, 0.15) is 51.0 Å². The minimum Gasteiger partial charge on any atom is -0.377 e. The summed E-state index contributed by atoms with van der Waals surface area (Å²) >= 11 is 7.02. The van der Waals surface area contributed by atoms with Crippen LogP contribution in [0.15, 0.2) is 24.3 Å². The maximum Gasteiger partial charge on any atom is 0.246 e. The number of hydrogen-bond acceptors (Lipinski definition) is 8. The van der Waals surface area contributed by atoms with Crippen molar-refractivity contribution < 1.29 is 33.4 Å². The summed E-state index contributed by atoms with van der Waals surface area (Å²) in [6.07, 6.45) is 5.86. The van der Waals surface area contributed by atoms with Gasteiger partial charge in [-0.15, -0.1) is 0 Å². The smallest absolute Gasteiger partial charge is 0.246 e. The molecule has 1 aromatic carbocycles. The third-order valence-corrected chi connectivity index (χ3v) is 8.42. The normalized spacial score (nSPS) is 24.8. The Kier molecular flexibility index (Phi) is 14.6. The molecule has 0 radical (unpaired) electrons. The van der Waals surface area contributed by atoms with E-state index < -0.39 is 41.8 Å². The molecule has 1 saturated carbocycles. The first kappa shape index (κ1) is 33.8. The highest BCUT2D eigenvalue weighted by atomic mass is 35.5. The SMILES string of the molecule is CC(=O)N[C@H]1CSC(=O)[C@H](Cc2cccc(Cl)c2)NC(=O)[C@H](CC2CCCCC2)NC(=O)COCCOCCNC1=O. The lowest BCUT2D eigenvalue weighted by Crippen LogP contribution is -2.53. The molecule has 1 aromatic rings. The average Bonchev–Trinajstić information content (AvgIpc) is 2.95. The van der Waals surface area contributed by atoms with Crippen LogP contribution in [0.4, 0.5) is 0 Å². The van der Waals surface area contributed by atoms with Gasteiger partial charge in [-0.05, 0) is 30.0 Å². The van der Waals surface area contributed by atoms with Gasteiger partial charge in [0.05, 0.1) is 19.8 Å². The largest absolute Gasteiger partial charge is 0.377 e. The Morgan fingerprint density at radius 3 is 2.50 bits per heavy atom. The highest BCUT2D eigenvalue weighted by molar-refractivity contribution is 8.13. The number of hydrogen-bond donors (Lipinski definition) is 4. The van der Waals surface area contributed by atoms with Gasteiger partial charge in [-0.3, -0.25) is 24.0 Å². The number of benzene rings is 1. The van der Waals surface area contributed by atoms with Gasteiger partial charge in [0.1, 0.15) is 24.7 Å². The second-order valence-corrected chi connectivity index (χ2v) is 12.1. The first-order valence-electron chi connectivity index (χ1n) is 14.4. The third-order valence-electron chi connectivity index (χ3n) is 7.11. The van der Waals surface area contributed by atoms with Crippen molar-refractivity contribution in [3.8, 4) is 0 Å². The van der Waals surface area contributed by atoms with Gasteiger partial charge in [-0.2, -0.15) is 0 Å². The predicted octanol–water partition coefficient (Wildman–Crippen LogP) is 1.75. The topological polar surface area (TPSA) is 152 Å². The number of carbonyl (C=O) groups is 5. The fourth-order valence-electron chi connectivity index (χ4n) is 5.04. The van der Waals surface area contributed by atoms with Crippen molar-refractivity contribution in [3.63, 3.8) is 0 Å². The number of thioether (sulfide) groups is 1. The van der Waals surface area contributed by atoms with E-state index in [9.17, 15) is 24.0 Å². The van der Waals surface area contributed by atoms with E-state index >= 15 is 0 Å². The molecule has 1 aliphatic heterocycles. The van der Waals surface area contributed by atoms with Crippen molar-refractivity contribution in [1.29, 1.82) is 0 Å². The minimum atomic E-state index is -0.973. The van der Waals surface area contributed by atoms with E-state index in [4.69, 9.17) is 21.1 Å². The lowest BCUT2D eigenvalue weighted by atomic mass is 9.84. The fraction of sp³-hybridized carbons (Fsp3) is 0.621. The lowest BCUT2D eigenvalue weighted by Gasteiger charge is -2.28. The van der Waals surface area contributed by atoms with E-state index in [2.05, 4.69) is 21.3 Å². The first-order chi connectivity index (χ1) is 20.2. The van der Waals surface area contributed by atoms with Crippen LogP contribution in [0.5, 0.6) is 0 Å². The summed E-state index contributed by atoms with van der Waals surface area (Å²) in [6, 6.07) is 4.20. The van der Waals surface area contributed by atoms with E-state index in [1.54, 1.807) is 24.3 Å². The highest BCUT2D eigenvalue weighted by Gasteiger charge is 2.31. The van der Waals surface area contributed by atoms with Gasteiger partial charge in [0.25, 0.3) is 0 Å². The van der Waals surface area contributed by atoms with Crippen molar-refractivity contribution in [2.24, 2.45) is 5.92 Å². The summed E-state index contributed by atoms with van der Waals surface area (Å²) in [5, 5.41) is 11.0. The molecular weight excluding hydrogens is 584 g/mol. The van der Waals surface area contributed by atoms with E-state index in [1.807, 2.05) is 0 Å². The Balaban J connectivity index is 1.83. The van der Waals surface area contributed by atoms with Crippen LogP contribution in [0.2, 0.25) is 5.02 Å². The van der Waals surface area contributed by atoms with Gasteiger partial charge >= 0.3 is 0 Å². The maximum atomic E-state index is 13.7. The zero-order chi connectivity index (χ0) is 30.3. The van der Waals surface area contributed by atoms with E-state index in [0.717, 1.165) is 49.4 Å². The standard InChI is InChI=1S/C29H41ClN4O7S/c1-19(35)32-25-18-42-29(39)24(16-21-8-5-9-22(30)14-21)34-28(38)23(15-20-6-3-2-4-7-20)33-26(36)17-41-13-12-40-11-10-31-27(25)37/h5,8-9,14,20,23-25H,2-4,6-7,10-13,15-18H2,1H3,(H,31,37)(H,32,35)(H,33,36)(H,34,38)/t23-,24-,25-/m0/s1. The quantitative estimate of drug-likeness (QED) is 0.387. The van der Waals surface area contributed by atoms with Gasteiger partial charge in [0.2, 0.25) is 28.7 Å². The van der Waals surface area contributed by atoms with Gasteiger partial charge in [0, 0.05) is 30.7 Å². The molecule has 1 heterocycles. The molecule has 2 fully saturated rings. The summed E-state index contributed by atoms with van der Waals surface area (Å²) in [6.45, 7) is 1.80. The first-order valence-corrected chi connectivity index (χ1v) is 15.8. The molecule has 11 nitrogen and oxygen atoms in total. The summed E-state index contributed by atoms with van der Waals surface area (Å²) in [4.78, 5) is 64.5. The third kappa shape index (κ3) is 12.3. The number of rotatable bonds is 5. The molecule has 0 unspecified atom stereocenters. The second-order valence-electron chi connectivity index (χ2n) is 10.6. The van der Waals surface area contributed by atoms with Crippen LogP contribution in [0.3, 0.4) is 0 Å². The Hall–Kier alpha value is -2.67. The molecular formula is C29H41ClN4O7S. The number of carbonyl (C=O) groups excluding carboxylic acids is 5. The molecule has 1 saturated heterocycles. The number of halogens is 1. The molecule has 0 bridgehead atoms. The minimum absolute atomic E-state index is 0.0386. The van der Waals surface area contributed by atoms with Crippen molar-refractivity contribution >= 4 is 52.1 Å². The van der Waals surface area contributed by atoms with E-state index in [-0.39, 0.29) is 56.2 Å². The summed E-state index contributed by atoms with van der Waals surface area (Å²) in [5.74, 6) is -1.53. The number of nitrogens with one attached hydrogen (secondary N) is 4. The Morgan fingerprint density at radius 2 is 1.76 bits per heavy atom. The molecule has 1 aliphatic carbocycles. The Morgan fingerprint density at radius 1 is 1.00 bits per heavy atom. The van der Waals surface area contributed by atoms with Gasteiger partial charge in [0.15, 0.2) is 0 Å². The van der Waals surface area contributed by atoms with E-state index in [1.165, 1.54) is 6.92 Å². The van der Waals surface area contributed by atoms with Crippen molar-refractivity contribution in [2.45, 2.75) is 70.0 Å². The second kappa shape index (κ2) is 18.1. The van der Waals surface area contributed by atoms with Crippen LogP contribution in [0, 0.1) is 5.92 Å². The molecule has 4 amide bonds. The molecule has 0 spiro atoms. The molecule has 42 heavy (non-hydrogen) atoms.